The number of piperidine rings is 1. The second-order valence-electron chi connectivity index (χ2n) is 8.69. The Morgan fingerprint density at radius 1 is 1.18 bits per heavy atom. The topological polar surface area (TPSA) is 82.1 Å². The van der Waals surface area contributed by atoms with E-state index < -0.39 is 0 Å². The van der Waals surface area contributed by atoms with Gasteiger partial charge in [0.2, 0.25) is 0 Å². The fourth-order valence-electron chi connectivity index (χ4n) is 4.57. The van der Waals surface area contributed by atoms with Gasteiger partial charge in [-0.25, -0.2) is 4.98 Å². The van der Waals surface area contributed by atoms with Gasteiger partial charge in [0.1, 0.15) is 13.7 Å². The van der Waals surface area contributed by atoms with Crippen LogP contribution in [-0.2, 0) is 13.1 Å². The lowest BCUT2D eigenvalue weighted by atomic mass is 9.93. The zero-order valence-corrected chi connectivity index (χ0v) is 18.8. The predicted molar refractivity (Wildman–Crippen MR) is 131 cm³/mol. The van der Waals surface area contributed by atoms with Gasteiger partial charge in [0.15, 0.2) is 5.65 Å². The van der Waals surface area contributed by atoms with E-state index in [1.807, 2.05) is 41.2 Å². The van der Waals surface area contributed by atoms with Crippen LogP contribution in [0.5, 0.6) is 0 Å². The first kappa shape index (κ1) is 21.2. The summed E-state index contributed by atoms with van der Waals surface area (Å²) in [4.78, 5) is 11.7. The van der Waals surface area contributed by atoms with Gasteiger partial charge in [0.25, 0.3) is 0 Å². The monoisotopic (exact) mass is 435 g/mol. The van der Waals surface area contributed by atoms with E-state index in [1.54, 1.807) is 6.20 Å². The molecule has 1 aromatic carbocycles. The van der Waals surface area contributed by atoms with E-state index in [-0.39, 0.29) is 0 Å². The quantitative estimate of drug-likeness (QED) is 0.468. The SMILES string of the molecule is Bc1cnn2c(NCc3cccnc3)cc(C3CCCN(Cc4ccccc4C#N)C3)nc12. The van der Waals surface area contributed by atoms with Crippen LogP contribution in [0.25, 0.3) is 5.65 Å². The molecule has 1 N–H and O–H groups in total. The van der Waals surface area contributed by atoms with Crippen LogP contribution in [0.2, 0.25) is 0 Å². The molecule has 3 aromatic heterocycles. The van der Waals surface area contributed by atoms with E-state index in [1.165, 1.54) is 0 Å². The van der Waals surface area contributed by atoms with Crippen LogP contribution in [0, 0.1) is 11.3 Å². The molecule has 0 spiro atoms. The summed E-state index contributed by atoms with van der Waals surface area (Å²) < 4.78 is 1.89. The van der Waals surface area contributed by atoms with Crippen molar-refractivity contribution in [2.75, 3.05) is 18.4 Å². The van der Waals surface area contributed by atoms with Crippen LogP contribution in [0.4, 0.5) is 5.82 Å². The maximum absolute atomic E-state index is 9.45. The Hall–Kier alpha value is -3.70. The van der Waals surface area contributed by atoms with Gasteiger partial charge in [-0.1, -0.05) is 24.3 Å². The molecule has 7 nitrogen and oxygen atoms in total. The molecule has 1 fully saturated rings. The summed E-state index contributed by atoms with van der Waals surface area (Å²) in [5, 5.41) is 17.5. The van der Waals surface area contributed by atoms with Crippen molar-refractivity contribution in [3.05, 3.63) is 83.4 Å². The molecule has 1 unspecified atom stereocenters. The molecule has 5 rings (SSSR count). The largest absolute Gasteiger partial charge is 0.366 e. The van der Waals surface area contributed by atoms with Crippen molar-refractivity contribution >= 4 is 24.8 Å². The number of likely N-dealkylation sites (tertiary alicyclic amines) is 1. The molecule has 4 aromatic rings. The normalized spacial score (nSPS) is 16.5. The van der Waals surface area contributed by atoms with Gasteiger partial charge in [-0.3, -0.25) is 9.88 Å². The second-order valence-corrected chi connectivity index (χ2v) is 8.69. The minimum Gasteiger partial charge on any atom is -0.366 e. The van der Waals surface area contributed by atoms with Crippen LogP contribution in [0.1, 0.15) is 41.1 Å². The molecular weight excluding hydrogens is 409 g/mol. The lowest BCUT2D eigenvalue weighted by Crippen LogP contribution is -2.34. The van der Waals surface area contributed by atoms with Crippen molar-refractivity contribution in [1.29, 1.82) is 5.26 Å². The molecule has 8 heteroatoms. The van der Waals surface area contributed by atoms with E-state index in [0.717, 1.165) is 71.8 Å². The van der Waals surface area contributed by atoms with Crippen LogP contribution in [0.15, 0.2) is 61.1 Å². The standard InChI is InChI=1S/C25H26BN7/c26-22-15-30-33-24(29-14-18-5-3-9-28-13-18)11-23(31-25(22)33)21-8-4-10-32(17-21)16-20-7-2-1-6-19(20)12-27/h1-3,5-7,9,11,13,15,21,29H,4,8,10,14,16-17,26H2. The van der Waals surface area contributed by atoms with Gasteiger partial charge in [-0.15, -0.1) is 0 Å². The van der Waals surface area contributed by atoms with E-state index >= 15 is 0 Å². The highest BCUT2D eigenvalue weighted by molar-refractivity contribution is 6.36. The zero-order valence-electron chi connectivity index (χ0n) is 18.8. The number of nitrogens with one attached hydrogen (secondary N) is 1. The number of anilines is 1. The first-order chi connectivity index (χ1) is 16.2. The van der Waals surface area contributed by atoms with Crippen molar-refractivity contribution < 1.29 is 0 Å². The lowest BCUT2D eigenvalue weighted by molar-refractivity contribution is 0.198. The van der Waals surface area contributed by atoms with Crippen LogP contribution >= 0.6 is 0 Å². The van der Waals surface area contributed by atoms with Gasteiger partial charge >= 0.3 is 0 Å². The Labute approximate surface area is 194 Å². The average molecular weight is 435 g/mol. The van der Waals surface area contributed by atoms with Crippen LogP contribution in [0.3, 0.4) is 0 Å². The number of aromatic nitrogens is 4. The molecule has 33 heavy (non-hydrogen) atoms. The van der Waals surface area contributed by atoms with Crippen molar-refractivity contribution in [3.63, 3.8) is 0 Å². The molecule has 0 bridgehead atoms. The Balaban J connectivity index is 1.39. The molecule has 1 saturated heterocycles. The number of benzene rings is 1. The smallest absolute Gasteiger partial charge is 0.151 e. The number of nitriles is 1. The van der Waals surface area contributed by atoms with Crippen molar-refractivity contribution in [2.45, 2.75) is 31.8 Å². The molecule has 4 heterocycles. The first-order valence-corrected chi connectivity index (χ1v) is 11.4. The summed E-state index contributed by atoms with van der Waals surface area (Å²) in [5.41, 5.74) is 6.03. The third kappa shape index (κ3) is 4.59. The number of rotatable bonds is 6. The number of fused-ring (bicyclic) bond motifs is 1. The fourth-order valence-corrected chi connectivity index (χ4v) is 4.57. The summed E-state index contributed by atoms with van der Waals surface area (Å²) >= 11 is 0. The highest BCUT2D eigenvalue weighted by atomic mass is 15.3. The van der Waals surface area contributed by atoms with Gasteiger partial charge in [-0.2, -0.15) is 14.9 Å². The molecular formula is C25H26BN7. The van der Waals surface area contributed by atoms with Crippen LogP contribution < -0.4 is 10.8 Å². The molecule has 1 atom stereocenters. The van der Waals surface area contributed by atoms with Gasteiger partial charge in [-0.05, 0) is 48.1 Å². The third-order valence-electron chi connectivity index (χ3n) is 6.32. The maximum atomic E-state index is 9.45. The van der Waals surface area contributed by atoms with E-state index in [4.69, 9.17) is 4.98 Å². The lowest BCUT2D eigenvalue weighted by Gasteiger charge is -2.33. The minimum absolute atomic E-state index is 0.339. The van der Waals surface area contributed by atoms with Gasteiger partial charge < -0.3 is 5.32 Å². The summed E-state index contributed by atoms with van der Waals surface area (Å²) in [7, 11) is 2.05. The van der Waals surface area contributed by atoms with E-state index in [0.29, 0.717) is 12.5 Å². The molecule has 0 amide bonds. The Morgan fingerprint density at radius 2 is 2.09 bits per heavy atom. The van der Waals surface area contributed by atoms with E-state index in [9.17, 15) is 5.26 Å². The average Bonchev–Trinajstić information content (AvgIpc) is 3.24. The zero-order chi connectivity index (χ0) is 22.6. The second kappa shape index (κ2) is 9.43. The minimum atomic E-state index is 0.339. The molecule has 1 aliphatic rings. The van der Waals surface area contributed by atoms with Crippen LogP contribution in [-0.4, -0.2) is 45.4 Å². The summed E-state index contributed by atoms with van der Waals surface area (Å²) in [6, 6.07) is 16.4. The van der Waals surface area contributed by atoms with Crippen molar-refractivity contribution in [3.8, 4) is 6.07 Å². The number of nitrogens with zero attached hydrogens (tertiary/aromatic N) is 6. The highest BCUT2D eigenvalue weighted by Gasteiger charge is 2.24. The van der Waals surface area contributed by atoms with E-state index in [2.05, 4.69) is 52.4 Å². The maximum Gasteiger partial charge on any atom is 0.151 e. The third-order valence-corrected chi connectivity index (χ3v) is 6.32. The van der Waals surface area contributed by atoms with Crippen molar-refractivity contribution in [2.24, 2.45) is 0 Å². The molecule has 164 valence electrons. The molecule has 0 saturated carbocycles. The summed E-state index contributed by atoms with van der Waals surface area (Å²) in [6.07, 6.45) is 7.75. The number of pyridine rings is 1. The van der Waals surface area contributed by atoms with Gasteiger partial charge in [0.05, 0.1) is 17.3 Å². The Kier molecular flexibility index (Phi) is 6.05. The predicted octanol–water partition coefficient (Wildman–Crippen LogP) is 2.25. The Bertz CT molecular complexity index is 1300. The highest BCUT2D eigenvalue weighted by Crippen LogP contribution is 2.29. The molecule has 1 aliphatic heterocycles. The van der Waals surface area contributed by atoms with Crippen molar-refractivity contribution in [1.82, 2.24) is 24.5 Å². The number of hydrogen-bond acceptors (Lipinski definition) is 6. The van der Waals surface area contributed by atoms with Gasteiger partial charge in [0, 0.05) is 50.2 Å². The number of hydrogen-bond donors (Lipinski definition) is 1. The fraction of sp³-hybridized carbons (Fsp3) is 0.280. The summed E-state index contributed by atoms with van der Waals surface area (Å²) in [6.45, 7) is 3.43. The molecule has 0 radical (unpaired) electrons. The first-order valence-electron chi connectivity index (χ1n) is 11.4. The summed E-state index contributed by atoms with van der Waals surface area (Å²) in [5.74, 6) is 1.28. The molecule has 0 aliphatic carbocycles. The Morgan fingerprint density at radius 3 is 2.94 bits per heavy atom.